The highest BCUT2D eigenvalue weighted by atomic mass is 35.5. The molecule has 0 spiro atoms. The molecular formula is C25H26ClN3O2S. The fourth-order valence-corrected chi connectivity index (χ4v) is 5.07. The van der Waals surface area contributed by atoms with Crippen LogP contribution < -0.4 is 4.72 Å². The van der Waals surface area contributed by atoms with Crippen molar-refractivity contribution in [1.29, 1.82) is 0 Å². The van der Waals surface area contributed by atoms with Crippen LogP contribution in [-0.4, -0.2) is 18.6 Å². The molecule has 2 N–H and O–H groups in total. The molecule has 0 bridgehead atoms. The average molecular weight is 468 g/mol. The fourth-order valence-electron chi connectivity index (χ4n) is 3.92. The van der Waals surface area contributed by atoms with Gasteiger partial charge in [0.05, 0.1) is 11.4 Å². The maximum Gasteiger partial charge on any atom is 0.234 e. The van der Waals surface area contributed by atoms with Gasteiger partial charge in [-0.05, 0) is 73.6 Å². The quantitative estimate of drug-likeness (QED) is 0.438. The van der Waals surface area contributed by atoms with Crippen molar-refractivity contribution in [3.05, 3.63) is 93.1 Å². The van der Waals surface area contributed by atoms with E-state index in [1.807, 2.05) is 61.5 Å². The number of nitrogens with zero attached hydrogens (tertiary/aromatic N) is 1. The number of sulfonamides is 1. The lowest BCUT2D eigenvalue weighted by atomic mass is 10.0. The first kappa shape index (κ1) is 22.5. The number of benzene rings is 2. The van der Waals surface area contributed by atoms with Gasteiger partial charge in [0.2, 0.25) is 10.0 Å². The lowest BCUT2D eigenvalue weighted by Gasteiger charge is -2.12. The number of hydrogen-bond acceptors (Lipinski definition) is 3. The van der Waals surface area contributed by atoms with E-state index in [-0.39, 0.29) is 6.04 Å². The van der Waals surface area contributed by atoms with Gasteiger partial charge in [0, 0.05) is 22.0 Å². The van der Waals surface area contributed by atoms with Gasteiger partial charge in [-0.15, -0.1) is 0 Å². The Balaban J connectivity index is 1.56. The molecule has 0 unspecified atom stereocenters. The third kappa shape index (κ3) is 5.57. The minimum absolute atomic E-state index is 0.321. The fraction of sp³-hybridized carbons (Fsp3) is 0.240. The molecule has 1 aromatic heterocycles. The van der Waals surface area contributed by atoms with Crippen LogP contribution in [-0.2, 0) is 16.4 Å². The first-order valence-corrected chi connectivity index (χ1v) is 12.6. The molecule has 1 heterocycles. The summed E-state index contributed by atoms with van der Waals surface area (Å²) in [5, 5.41) is 9.49. The normalized spacial score (nSPS) is 16.8. The summed E-state index contributed by atoms with van der Waals surface area (Å²) >= 11 is 6.00. The number of rotatable bonds is 6. The number of fused-ring (bicyclic) bond motifs is 1. The molecule has 0 amide bonds. The first-order chi connectivity index (χ1) is 15.4. The molecule has 166 valence electrons. The van der Waals surface area contributed by atoms with Crippen LogP contribution in [0.5, 0.6) is 0 Å². The Morgan fingerprint density at radius 3 is 2.53 bits per heavy atom. The second-order valence-corrected chi connectivity index (χ2v) is 10.0. The third-order valence-corrected chi connectivity index (χ3v) is 7.02. The number of nitrogens with one attached hydrogen (secondary N) is 2. The Kier molecular flexibility index (Phi) is 6.94. The number of halogens is 1. The third-order valence-electron chi connectivity index (χ3n) is 5.59. The van der Waals surface area contributed by atoms with Gasteiger partial charge in [-0.25, -0.2) is 13.1 Å². The van der Waals surface area contributed by atoms with Crippen LogP contribution in [0.1, 0.15) is 60.3 Å². The monoisotopic (exact) mass is 467 g/mol. The van der Waals surface area contributed by atoms with E-state index in [0.717, 1.165) is 59.3 Å². The van der Waals surface area contributed by atoms with Crippen molar-refractivity contribution in [2.45, 2.75) is 38.6 Å². The molecule has 0 aliphatic heterocycles. The van der Waals surface area contributed by atoms with Crippen LogP contribution in [0.3, 0.4) is 0 Å². The van der Waals surface area contributed by atoms with E-state index in [2.05, 4.69) is 21.0 Å². The highest BCUT2D eigenvalue weighted by Gasteiger charge is 2.19. The summed E-state index contributed by atoms with van der Waals surface area (Å²) in [7, 11) is -3.61. The number of hydrogen-bond donors (Lipinski definition) is 2. The zero-order valence-corrected chi connectivity index (χ0v) is 19.5. The summed E-state index contributed by atoms with van der Waals surface area (Å²) in [6.45, 7) is 1.83. The summed E-state index contributed by atoms with van der Waals surface area (Å²) in [6.07, 6.45) is 7.62. The van der Waals surface area contributed by atoms with E-state index < -0.39 is 10.0 Å². The van der Waals surface area contributed by atoms with Gasteiger partial charge in [0.25, 0.3) is 0 Å². The number of aromatic nitrogens is 2. The standard InChI is InChI=1S/C25H26ClN3O2S/c1-18(20-7-3-2-4-8-20)29-32(30,31)16-15-24-23-10-6-5-9-21(25(23)28-27-24)17-19-11-13-22(26)14-12-19/h2-4,7-8,11-18,29H,5-6,9-10H2,1H3,(H,27,28)/t18-/m0/s1. The summed E-state index contributed by atoms with van der Waals surface area (Å²) < 4.78 is 28.0. The predicted molar refractivity (Wildman–Crippen MR) is 131 cm³/mol. The minimum Gasteiger partial charge on any atom is -0.278 e. The van der Waals surface area contributed by atoms with Crippen LogP contribution in [0.2, 0.25) is 5.02 Å². The van der Waals surface area contributed by atoms with Crippen molar-refractivity contribution < 1.29 is 8.42 Å². The lowest BCUT2D eigenvalue weighted by Crippen LogP contribution is -2.24. The van der Waals surface area contributed by atoms with Gasteiger partial charge in [-0.3, -0.25) is 5.10 Å². The Labute approximate surface area is 194 Å². The van der Waals surface area contributed by atoms with E-state index in [1.165, 1.54) is 5.41 Å². The van der Waals surface area contributed by atoms with Gasteiger partial charge >= 0.3 is 0 Å². The Hall–Kier alpha value is -2.67. The van der Waals surface area contributed by atoms with Gasteiger partial charge in [-0.2, -0.15) is 5.10 Å². The minimum atomic E-state index is -3.61. The molecule has 4 rings (SSSR count). The zero-order chi connectivity index (χ0) is 22.6. The SMILES string of the molecule is C[C@H](NS(=O)(=O)C=Cc1[nH]nc2c1CCCCC2=Cc1ccc(Cl)cc1)c1ccccc1. The molecular weight excluding hydrogens is 442 g/mol. The van der Waals surface area contributed by atoms with Crippen LogP contribution in [0.25, 0.3) is 17.7 Å². The smallest absolute Gasteiger partial charge is 0.234 e. The van der Waals surface area contributed by atoms with E-state index >= 15 is 0 Å². The van der Waals surface area contributed by atoms with Crippen LogP contribution >= 0.6 is 11.6 Å². The highest BCUT2D eigenvalue weighted by Crippen LogP contribution is 2.32. The first-order valence-electron chi connectivity index (χ1n) is 10.7. The topological polar surface area (TPSA) is 74.8 Å². The number of allylic oxidation sites excluding steroid dienone is 1. The molecule has 0 fully saturated rings. The van der Waals surface area contributed by atoms with Crippen molar-refractivity contribution in [3.8, 4) is 0 Å². The second-order valence-electron chi connectivity index (χ2n) is 7.99. The van der Waals surface area contributed by atoms with E-state index in [0.29, 0.717) is 5.02 Å². The zero-order valence-electron chi connectivity index (χ0n) is 17.9. The van der Waals surface area contributed by atoms with Crippen molar-refractivity contribution in [3.63, 3.8) is 0 Å². The van der Waals surface area contributed by atoms with Crippen molar-refractivity contribution in [1.82, 2.24) is 14.9 Å². The van der Waals surface area contributed by atoms with E-state index in [1.54, 1.807) is 6.08 Å². The molecule has 1 aliphatic carbocycles. The Morgan fingerprint density at radius 2 is 1.78 bits per heavy atom. The largest absolute Gasteiger partial charge is 0.278 e. The Bertz CT molecular complexity index is 1230. The number of aromatic amines is 1. The molecule has 5 nitrogen and oxygen atoms in total. The summed E-state index contributed by atoms with van der Waals surface area (Å²) in [4.78, 5) is 0. The molecule has 1 aliphatic rings. The van der Waals surface area contributed by atoms with Gasteiger partial charge in [-0.1, -0.05) is 54.1 Å². The molecule has 0 saturated heterocycles. The maximum atomic E-state index is 12.6. The molecule has 2 aromatic carbocycles. The average Bonchev–Trinajstić information content (AvgIpc) is 3.08. The van der Waals surface area contributed by atoms with Crippen molar-refractivity contribution >= 4 is 39.3 Å². The van der Waals surface area contributed by atoms with E-state index in [4.69, 9.17) is 11.6 Å². The summed E-state index contributed by atoms with van der Waals surface area (Å²) in [5.74, 6) is 0. The second kappa shape index (κ2) is 9.86. The maximum absolute atomic E-state index is 12.6. The van der Waals surface area contributed by atoms with Crippen LogP contribution in [0.4, 0.5) is 0 Å². The van der Waals surface area contributed by atoms with Crippen molar-refractivity contribution in [2.75, 3.05) is 0 Å². The molecule has 0 saturated carbocycles. The van der Waals surface area contributed by atoms with Crippen LogP contribution in [0.15, 0.2) is 60.0 Å². The molecule has 7 heteroatoms. The number of H-pyrrole nitrogens is 1. The van der Waals surface area contributed by atoms with Gasteiger partial charge < -0.3 is 0 Å². The molecule has 1 atom stereocenters. The predicted octanol–water partition coefficient (Wildman–Crippen LogP) is 5.98. The van der Waals surface area contributed by atoms with E-state index in [9.17, 15) is 8.42 Å². The highest BCUT2D eigenvalue weighted by molar-refractivity contribution is 7.92. The molecule has 3 aromatic rings. The lowest BCUT2D eigenvalue weighted by molar-refractivity contribution is 0.576. The summed E-state index contributed by atoms with van der Waals surface area (Å²) in [5.41, 5.74) is 5.84. The van der Waals surface area contributed by atoms with Crippen molar-refractivity contribution in [2.24, 2.45) is 0 Å². The van der Waals surface area contributed by atoms with Gasteiger partial charge in [0.15, 0.2) is 0 Å². The Morgan fingerprint density at radius 1 is 1.06 bits per heavy atom. The summed E-state index contributed by atoms with van der Waals surface area (Å²) in [6, 6.07) is 16.9. The molecule has 0 radical (unpaired) electrons. The van der Waals surface area contributed by atoms with Gasteiger partial charge in [0.1, 0.15) is 0 Å². The molecule has 32 heavy (non-hydrogen) atoms. The van der Waals surface area contributed by atoms with Crippen LogP contribution in [0, 0.1) is 0 Å².